The van der Waals surface area contributed by atoms with Gasteiger partial charge < -0.3 is 19.7 Å². The van der Waals surface area contributed by atoms with Crippen molar-refractivity contribution in [3.05, 3.63) is 35.5 Å². The van der Waals surface area contributed by atoms with E-state index in [0.29, 0.717) is 17.3 Å². The molecule has 0 amide bonds. The molecule has 0 spiro atoms. The van der Waals surface area contributed by atoms with Crippen LogP contribution in [-0.2, 0) is 5.54 Å². The van der Waals surface area contributed by atoms with Crippen LogP contribution < -0.4 is 15.2 Å². The lowest BCUT2D eigenvalue weighted by molar-refractivity contribution is -0.0512. The van der Waals surface area contributed by atoms with Gasteiger partial charge in [-0.25, -0.2) is 0 Å². The van der Waals surface area contributed by atoms with Crippen LogP contribution in [0.15, 0.2) is 22.7 Å². The monoisotopic (exact) mass is 337 g/mol. The Bertz CT molecular complexity index is 742. The van der Waals surface area contributed by atoms with Crippen molar-refractivity contribution < 1.29 is 22.8 Å². The van der Waals surface area contributed by atoms with Crippen LogP contribution in [0.2, 0.25) is 0 Å². The molecule has 0 unspecified atom stereocenters. The van der Waals surface area contributed by atoms with Gasteiger partial charge in [-0.2, -0.15) is 13.8 Å². The molecular weight excluding hydrogens is 320 g/mol. The molecule has 1 fully saturated rings. The van der Waals surface area contributed by atoms with E-state index in [1.807, 2.05) is 0 Å². The maximum Gasteiger partial charge on any atom is 0.387 e. The van der Waals surface area contributed by atoms with Gasteiger partial charge in [0.1, 0.15) is 0 Å². The summed E-state index contributed by atoms with van der Waals surface area (Å²) in [5.41, 5.74) is 6.37. The van der Waals surface area contributed by atoms with Crippen LogP contribution in [0.3, 0.4) is 0 Å². The number of nitrogens with zero attached hydrogens (tertiary/aromatic N) is 2. The quantitative estimate of drug-likeness (QED) is 0.871. The van der Waals surface area contributed by atoms with Gasteiger partial charge in [-0.05, 0) is 43.0 Å². The highest BCUT2D eigenvalue weighted by molar-refractivity contribution is 5.67. The molecule has 2 N–H and O–H groups in total. The van der Waals surface area contributed by atoms with Gasteiger partial charge in [0.2, 0.25) is 0 Å². The van der Waals surface area contributed by atoms with Crippen LogP contribution in [0, 0.1) is 0 Å². The average Bonchev–Trinajstić information content (AvgIpc) is 3.00. The molecule has 1 heterocycles. The number of aromatic nitrogens is 2. The fraction of sp³-hybridized carbons (Fsp3) is 0.375. The van der Waals surface area contributed by atoms with E-state index >= 15 is 0 Å². The Morgan fingerprint density at radius 2 is 2.08 bits per heavy atom. The third-order valence-corrected chi connectivity index (χ3v) is 3.95. The van der Waals surface area contributed by atoms with Gasteiger partial charge in [0, 0.05) is 6.08 Å². The van der Waals surface area contributed by atoms with E-state index in [-0.39, 0.29) is 11.5 Å². The maximum absolute atomic E-state index is 12.3. The Morgan fingerprint density at radius 3 is 2.71 bits per heavy atom. The summed E-state index contributed by atoms with van der Waals surface area (Å²) in [7, 11) is 1.38. The van der Waals surface area contributed by atoms with Gasteiger partial charge >= 0.3 is 6.61 Å². The first kappa shape index (κ1) is 16.4. The Balaban J connectivity index is 1.74. The molecule has 0 aliphatic heterocycles. The lowest BCUT2D eigenvalue weighted by atomic mass is 9.77. The van der Waals surface area contributed by atoms with E-state index in [9.17, 15) is 8.78 Å². The molecule has 1 aromatic carbocycles. The second-order valence-electron chi connectivity index (χ2n) is 5.59. The Hall–Kier alpha value is -2.48. The molecule has 3 rings (SSSR count). The largest absolute Gasteiger partial charge is 0.493 e. The van der Waals surface area contributed by atoms with Crippen LogP contribution >= 0.6 is 0 Å². The minimum absolute atomic E-state index is 0.0280. The highest BCUT2D eigenvalue weighted by Gasteiger charge is 2.38. The molecule has 0 radical (unpaired) electrons. The predicted molar refractivity (Wildman–Crippen MR) is 82.6 cm³/mol. The number of nitrogens with two attached hydrogens (primary N) is 1. The first-order valence-electron chi connectivity index (χ1n) is 7.44. The minimum Gasteiger partial charge on any atom is -0.493 e. The summed E-state index contributed by atoms with van der Waals surface area (Å²) in [4.78, 5) is 4.27. The Labute approximate surface area is 137 Å². The van der Waals surface area contributed by atoms with Crippen LogP contribution in [0.25, 0.3) is 12.2 Å². The highest BCUT2D eigenvalue weighted by atomic mass is 19.3. The molecule has 6 nitrogen and oxygen atoms in total. The van der Waals surface area contributed by atoms with Crippen molar-refractivity contribution in [3.63, 3.8) is 0 Å². The number of hydrogen-bond donors (Lipinski definition) is 1. The molecular formula is C16H17F2N3O3. The van der Waals surface area contributed by atoms with Crippen molar-refractivity contribution in [2.45, 2.75) is 31.4 Å². The summed E-state index contributed by atoms with van der Waals surface area (Å²) in [5.74, 6) is 1.01. The van der Waals surface area contributed by atoms with Crippen molar-refractivity contribution >= 4 is 12.2 Å². The number of hydrogen-bond acceptors (Lipinski definition) is 6. The van der Waals surface area contributed by atoms with E-state index < -0.39 is 12.2 Å². The minimum atomic E-state index is -2.91. The molecule has 1 aliphatic carbocycles. The zero-order chi connectivity index (χ0) is 17.2. The molecule has 1 aromatic heterocycles. The molecule has 0 bridgehead atoms. The number of alkyl halides is 2. The van der Waals surface area contributed by atoms with Gasteiger partial charge in [-0.3, -0.25) is 0 Å². The molecule has 0 atom stereocenters. The Morgan fingerprint density at radius 1 is 1.29 bits per heavy atom. The predicted octanol–water partition coefficient (Wildman–Crippen LogP) is 3.19. The van der Waals surface area contributed by atoms with E-state index in [1.165, 1.54) is 13.2 Å². The number of rotatable bonds is 6. The topological polar surface area (TPSA) is 83.4 Å². The van der Waals surface area contributed by atoms with E-state index in [1.54, 1.807) is 24.3 Å². The molecule has 2 aromatic rings. The number of halogens is 2. The summed E-state index contributed by atoms with van der Waals surface area (Å²) < 4.78 is 39.2. The Kier molecular flexibility index (Phi) is 4.48. The SMILES string of the molecule is COc1cc(/C=C/c2nc(C3(N)CCC3)no2)ccc1OC(F)F. The molecule has 1 saturated carbocycles. The molecule has 8 heteroatoms. The molecule has 1 aliphatic rings. The fourth-order valence-electron chi connectivity index (χ4n) is 2.44. The zero-order valence-corrected chi connectivity index (χ0v) is 13.0. The van der Waals surface area contributed by atoms with Gasteiger partial charge in [0.05, 0.1) is 12.6 Å². The number of methoxy groups -OCH3 is 1. The lowest BCUT2D eigenvalue weighted by Gasteiger charge is -2.34. The average molecular weight is 337 g/mol. The van der Waals surface area contributed by atoms with E-state index in [2.05, 4.69) is 14.9 Å². The summed E-state index contributed by atoms with van der Waals surface area (Å²) in [5, 5.41) is 3.91. The third-order valence-electron chi connectivity index (χ3n) is 3.95. The second-order valence-corrected chi connectivity index (χ2v) is 5.59. The van der Waals surface area contributed by atoms with Crippen LogP contribution in [0.5, 0.6) is 11.5 Å². The van der Waals surface area contributed by atoms with Crippen molar-refractivity contribution in [2.75, 3.05) is 7.11 Å². The third kappa shape index (κ3) is 3.38. The summed E-state index contributed by atoms with van der Waals surface area (Å²) >= 11 is 0. The van der Waals surface area contributed by atoms with Crippen molar-refractivity contribution in [2.24, 2.45) is 5.73 Å². The molecule has 24 heavy (non-hydrogen) atoms. The first-order valence-corrected chi connectivity index (χ1v) is 7.44. The zero-order valence-electron chi connectivity index (χ0n) is 13.0. The van der Waals surface area contributed by atoms with Crippen LogP contribution in [0.1, 0.15) is 36.5 Å². The fourth-order valence-corrected chi connectivity index (χ4v) is 2.44. The van der Waals surface area contributed by atoms with Crippen LogP contribution in [0.4, 0.5) is 8.78 Å². The number of ether oxygens (including phenoxy) is 2. The normalized spacial score (nSPS) is 16.4. The van der Waals surface area contributed by atoms with Crippen molar-refractivity contribution in [3.8, 4) is 11.5 Å². The van der Waals surface area contributed by atoms with Gasteiger partial charge in [-0.15, -0.1) is 0 Å². The lowest BCUT2D eigenvalue weighted by Crippen LogP contribution is -2.44. The van der Waals surface area contributed by atoms with E-state index in [4.69, 9.17) is 15.0 Å². The number of benzene rings is 1. The summed E-state index contributed by atoms with van der Waals surface area (Å²) in [6, 6.07) is 4.60. The van der Waals surface area contributed by atoms with Crippen molar-refractivity contribution in [1.29, 1.82) is 0 Å². The smallest absolute Gasteiger partial charge is 0.387 e. The second kappa shape index (κ2) is 6.56. The van der Waals surface area contributed by atoms with E-state index in [0.717, 1.165) is 19.3 Å². The van der Waals surface area contributed by atoms with Crippen molar-refractivity contribution in [1.82, 2.24) is 10.1 Å². The van der Waals surface area contributed by atoms with Gasteiger partial charge in [-0.1, -0.05) is 11.2 Å². The highest BCUT2D eigenvalue weighted by Crippen LogP contribution is 2.37. The van der Waals surface area contributed by atoms with Gasteiger partial charge in [0.25, 0.3) is 5.89 Å². The first-order chi connectivity index (χ1) is 11.5. The summed E-state index contributed by atoms with van der Waals surface area (Å²) in [6.07, 6.45) is 6.08. The molecule has 0 saturated heterocycles. The maximum atomic E-state index is 12.3. The van der Waals surface area contributed by atoms with Crippen LogP contribution in [-0.4, -0.2) is 23.9 Å². The standard InChI is InChI=1S/C16H17F2N3O3/c1-22-12-9-10(3-5-11(12)23-15(17)18)4-6-13-20-14(21-24-13)16(19)7-2-8-16/h3-6,9,15H,2,7-8,19H2,1H3/b6-4+. The molecule has 128 valence electrons. The summed E-state index contributed by atoms with van der Waals surface area (Å²) in [6.45, 7) is -2.91. The van der Waals surface area contributed by atoms with Gasteiger partial charge in [0.15, 0.2) is 17.3 Å².